The van der Waals surface area contributed by atoms with Crippen LogP contribution in [0.15, 0.2) is 48.6 Å². The number of carbonyl (C=O) groups is 3. The van der Waals surface area contributed by atoms with Crippen LogP contribution in [0.25, 0.3) is 0 Å². The van der Waals surface area contributed by atoms with Crippen LogP contribution < -0.4 is 4.74 Å². The quantitative estimate of drug-likeness (QED) is 0.00904. The van der Waals surface area contributed by atoms with Gasteiger partial charge in [0.15, 0.2) is 6.29 Å². The molecule has 0 saturated heterocycles. The molecule has 0 saturated carbocycles. The highest BCUT2D eigenvalue weighted by Crippen LogP contribution is 2.19. The minimum absolute atomic E-state index is 0.0642. The molecule has 12 heteroatoms. The van der Waals surface area contributed by atoms with Crippen LogP contribution in [-0.4, -0.2) is 62.3 Å². The lowest BCUT2D eigenvalue weighted by molar-refractivity contribution is -0.384. The van der Waals surface area contributed by atoms with E-state index >= 15 is 0 Å². The number of allylic oxidation sites excluding steroid dienone is 4. The van der Waals surface area contributed by atoms with E-state index < -0.39 is 29.3 Å². The summed E-state index contributed by atoms with van der Waals surface area (Å²) in [6, 6.07) is 5.00. The normalized spacial score (nSPS) is 12.0. The molecule has 348 valence electrons. The maximum Gasteiger partial charge on any atom is 0.513 e. The summed E-state index contributed by atoms with van der Waals surface area (Å²) in [6.07, 6.45) is 33.8. The Bertz CT molecular complexity index is 1280. The number of rotatable bonds is 41. The number of non-ortho nitro benzene ring substituents is 1. The molecule has 0 aliphatic heterocycles. The molecule has 0 N–H and O–H groups in total. The molecular weight excluding hydrogens is 779 g/mol. The van der Waals surface area contributed by atoms with Crippen LogP contribution in [0.1, 0.15) is 188 Å². The van der Waals surface area contributed by atoms with Gasteiger partial charge in [-0.2, -0.15) is 0 Å². The fourth-order valence-electron chi connectivity index (χ4n) is 6.38. The highest BCUT2D eigenvalue weighted by molar-refractivity contribution is 5.70. The molecular formula is C49H81NO11. The molecule has 61 heavy (non-hydrogen) atoms. The topological polar surface area (TPSA) is 150 Å². The first-order valence-electron chi connectivity index (χ1n) is 23.7. The van der Waals surface area contributed by atoms with Gasteiger partial charge in [0, 0.05) is 38.2 Å². The summed E-state index contributed by atoms with van der Waals surface area (Å²) in [5.41, 5.74) is -0.149. The third-order valence-electron chi connectivity index (χ3n) is 10.2. The van der Waals surface area contributed by atoms with Crippen molar-refractivity contribution in [3.63, 3.8) is 0 Å². The van der Waals surface area contributed by atoms with E-state index in [0.717, 1.165) is 70.6 Å². The molecule has 0 fully saturated rings. The van der Waals surface area contributed by atoms with Crippen LogP contribution in [-0.2, 0) is 33.3 Å². The fraction of sp³-hybridized carbons (Fsp3) is 0.735. The molecule has 1 aromatic rings. The largest absolute Gasteiger partial charge is 0.513 e. The Balaban J connectivity index is 2.59. The Morgan fingerprint density at radius 3 is 1.59 bits per heavy atom. The van der Waals surface area contributed by atoms with Gasteiger partial charge >= 0.3 is 18.1 Å². The van der Waals surface area contributed by atoms with E-state index in [1.807, 2.05) is 0 Å². The third kappa shape index (κ3) is 34.5. The minimum Gasteiger partial charge on any atom is -0.465 e. The average Bonchev–Trinajstić information content (AvgIpc) is 3.25. The number of nitrogens with zero attached hydrogens (tertiary/aromatic N) is 1. The van der Waals surface area contributed by atoms with Gasteiger partial charge in [0.05, 0.1) is 17.3 Å². The Labute approximate surface area is 368 Å². The molecule has 0 aromatic heterocycles. The van der Waals surface area contributed by atoms with Crippen molar-refractivity contribution < 1.29 is 47.7 Å². The van der Waals surface area contributed by atoms with E-state index in [-0.39, 0.29) is 50.1 Å². The van der Waals surface area contributed by atoms with Gasteiger partial charge in [0.25, 0.3) is 5.69 Å². The number of nitro groups is 1. The van der Waals surface area contributed by atoms with Crippen molar-refractivity contribution in [3.8, 4) is 5.75 Å². The molecule has 0 aliphatic carbocycles. The van der Waals surface area contributed by atoms with Crippen molar-refractivity contribution in [2.45, 2.75) is 194 Å². The van der Waals surface area contributed by atoms with Gasteiger partial charge in [0.2, 0.25) is 0 Å². The van der Waals surface area contributed by atoms with E-state index in [2.05, 4.69) is 45.1 Å². The zero-order chi connectivity index (χ0) is 44.4. The maximum absolute atomic E-state index is 12.9. The Kier molecular flexibility index (Phi) is 36.5. The number of ether oxygens (including phenoxy) is 6. The van der Waals surface area contributed by atoms with Gasteiger partial charge in [-0.15, -0.1) is 0 Å². The number of benzene rings is 1. The number of nitro benzene ring substituents is 1. The monoisotopic (exact) mass is 860 g/mol. The van der Waals surface area contributed by atoms with Crippen molar-refractivity contribution >= 4 is 23.8 Å². The lowest BCUT2D eigenvalue weighted by atomic mass is 10.1. The summed E-state index contributed by atoms with van der Waals surface area (Å²) < 4.78 is 33.7. The molecule has 0 heterocycles. The first-order chi connectivity index (χ1) is 29.8. The summed E-state index contributed by atoms with van der Waals surface area (Å²) in [7, 11) is 0. The van der Waals surface area contributed by atoms with Crippen LogP contribution in [0.5, 0.6) is 5.75 Å². The zero-order valence-corrected chi connectivity index (χ0v) is 38.1. The number of carbonyl (C=O) groups excluding carboxylic acids is 3. The highest BCUT2D eigenvalue weighted by atomic mass is 16.7. The summed E-state index contributed by atoms with van der Waals surface area (Å²) in [4.78, 5) is 48.5. The second-order valence-electron chi connectivity index (χ2n) is 15.9. The van der Waals surface area contributed by atoms with Crippen LogP contribution in [0.2, 0.25) is 0 Å². The number of unbranched alkanes of at least 4 members (excludes halogenated alkanes) is 18. The maximum atomic E-state index is 12.9. The highest BCUT2D eigenvalue weighted by Gasteiger charge is 2.20. The van der Waals surface area contributed by atoms with Crippen molar-refractivity contribution in [2.75, 3.05) is 33.0 Å². The smallest absolute Gasteiger partial charge is 0.465 e. The second-order valence-corrected chi connectivity index (χ2v) is 15.9. The summed E-state index contributed by atoms with van der Waals surface area (Å²) >= 11 is 0. The standard InChI is InChI=1S/C49H81NO11/c1-4-7-10-13-16-17-18-19-20-21-22-23-24-25-28-31-46(51)58-40-43(42-60-49(53)61-45-34-32-44(33-35-45)50(54)55)41-59-47(52)36-37-48(56-38-29-26-14-11-8-5-2)57-39-30-27-15-12-9-6-3/h16-17,19-20,32-35,43,48H,4-15,18,21-31,36-42H2,1-3H3/b17-16-,20-19?. The molecule has 1 aromatic carbocycles. The summed E-state index contributed by atoms with van der Waals surface area (Å²) in [6.45, 7) is 7.23. The van der Waals surface area contributed by atoms with E-state index in [1.165, 1.54) is 94.9 Å². The molecule has 12 nitrogen and oxygen atoms in total. The predicted octanol–water partition coefficient (Wildman–Crippen LogP) is 13.5. The molecule has 1 unspecified atom stereocenters. The van der Waals surface area contributed by atoms with Crippen LogP contribution in [0.4, 0.5) is 10.5 Å². The van der Waals surface area contributed by atoms with Crippen molar-refractivity contribution in [1.82, 2.24) is 0 Å². The van der Waals surface area contributed by atoms with Gasteiger partial charge in [-0.1, -0.05) is 141 Å². The van der Waals surface area contributed by atoms with Crippen molar-refractivity contribution in [1.29, 1.82) is 0 Å². The van der Waals surface area contributed by atoms with E-state index in [1.54, 1.807) is 0 Å². The number of hydrogen-bond acceptors (Lipinski definition) is 11. The summed E-state index contributed by atoms with van der Waals surface area (Å²) in [5.74, 6) is -1.42. The third-order valence-corrected chi connectivity index (χ3v) is 10.2. The molecule has 0 radical (unpaired) electrons. The van der Waals surface area contributed by atoms with Gasteiger partial charge in [0.1, 0.15) is 25.6 Å². The minimum atomic E-state index is -1.05. The predicted molar refractivity (Wildman–Crippen MR) is 242 cm³/mol. The average molecular weight is 860 g/mol. The van der Waals surface area contributed by atoms with Crippen LogP contribution >= 0.6 is 0 Å². The fourth-order valence-corrected chi connectivity index (χ4v) is 6.38. The van der Waals surface area contributed by atoms with E-state index in [9.17, 15) is 24.5 Å². The Hall–Kier alpha value is -3.77. The lowest BCUT2D eigenvalue weighted by Crippen LogP contribution is -2.27. The summed E-state index contributed by atoms with van der Waals surface area (Å²) in [5, 5.41) is 11.0. The van der Waals surface area contributed by atoms with Gasteiger partial charge < -0.3 is 28.4 Å². The molecule has 1 atom stereocenters. The van der Waals surface area contributed by atoms with E-state index in [4.69, 9.17) is 28.4 Å². The molecule has 0 bridgehead atoms. The first-order valence-corrected chi connectivity index (χ1v) is 23.7. The molecule has 0 aliphatic rings. The molecule has 1 rings (SSSR count). The molecule has 0 amide bonds. The number of esters is 2. The first kappa shape index (κ1) is 55.2. The van der Waals surface area contributed by atoms with Crippen LogP contribution in [0, 0.1) is 16.0 Å². The van der Waals surface area contributed by atoms with Crippen molar-refractivity contribution in [2.24, 2.45) is 5.92 Å². The van der Waals surface area contributed by atoms with Gasteiger partial charge in [-0.3, -0.25) is 19.7 Å². The zero-order valence-electron chi connectivity index (χ0n) is 38.1. The molecule has 0 spiro atoms. The van der Waals surface area contributed by atoms with E-state index in [0.29, 0.717) is 26.1 Å². The second kappa shape index (κ2) is 40.3. The van der Waals surface area contributed by atoms with Gasteiger partial charge in [-0.25, -0.2) is 4.79 Å². The number of hydrogen-bond donors (Lipinski definition) is 0. The Morgan fingerprint density at radius 1 is 0.574 bits per heavy atom. The Morgan fingerprint density at radius 2 is 1.03 bits per heavy atom. The lowest BCUT2D eigenvalue weighted by Gasteiger charge is -2.20. The van der Waals surface area contributed by atoms with Crippen molar-refractivity contribution in [3.05, 3.63) is 58.7 Å². The van der Waals surface area contributed by atoms with Crippen LogP contribution in [0.3, 0.4) is 0 Å². The SMILES string of the molecule is CCCCC/C=C\CC=CCCCCCCCC(=O)OCC(COC(=O)CCC(OCCCCCCCC)OCCCCCCCC)COC(=O)Oc1ccc([N+](=O)[O-])cc1. The van der Waals surface area contributed by atoms with Gasteiger partial charge in [-0.05, 0) is 63.5 Å².